The highest BCUT2D eigenvalue weighted by atomic mass is 16.4. The van der Waals surface area contributed by atoms with Crippen molar-refractivity contribution in [3.05, 3.63) is 24.3 Å². The Balaban J connectivity index is 3.35. The summed E-state index contributed by atoms with van der Waals surface area (Å²) in [6, 6.07) is 1.84. The molecule has 0 saturated heterocycles. The van der Waals surface area contributed by atoms with Crippen LogP contribution in [0.1, 0.15) is 5.56 Å². The van der Waals surface area contributed by atoms with Crippen molar-refractivity contribution in [2.24, 2.45) is 0 Å². The predicted octanol–water partition coefficient (Wildman–Crippen LogP) is 0.901. The molecular weight excluding hydrogens is 188 g/mol. The van der Waals surface area contributed by atoms with Crippen LogP contribution in [0, 0.1) is 0 Å². The average molecular weight is 196 g/mol. The van der Waals surface area contributed by atoms with Crippen LogP contribution in [0.15, 0.2) is 18.7 Å². The van der Waals surface area contributed by atoms with Gasteiger partial charge in [0.2, 0.25) is 0 Å². The van der Waals surface area contributed by atoms with Gasteiger partial charge in [0.25, 0.3) is 0 Å². The number of phenolic OH excluding ortho intramolecular Hbond substituents is 3. The monoisotopic (exact) mass is 196 g/mol. The van der Waals surface area contributed by atoms with Gasteiger partial charge in [0.05, 0.1) is 11.1 Å². The first-order valence-electron chi connectivity index (χ1n) is 3.61. The van der Waals surface area contributed by atoms with E-state index in [2.05, 4.69) is 6.58 Å². The van der Waals surface area contributed by atoms with E-state index in [1.54, 1.807) is 0 Å². The standard InChI is InChI=1S/C9H8O5/c1-4(9(13)14)8-6(11)2-5(10)3-7(8)12/h2-3,10-12H,1H2,(H,13,14). The number of aromatic hydroxyl groups is 3. The highest BCUT2D eigenvalue weighted by Gasteiger charge is 2.17. The molecule has 1 rings (SSSR count). The molecule has 0 aliphatic heterocycles. The van der Waals surface area contributed by atoms with Crippen LogP contribution in [0.5, 0.6) is 17.2 Å². The van der Waals surface area contributed by atoms with Crippen LogP contribution in [0.4, 0.5) is 0 Å². The molecular formula is C9H8O5. The molecule has 4 N–H and O–H groups in total. The van der Waals surface area contributed by atoms with E-state index in [0.717, 1.165) is 12.1 Å². The largest absolute Gasteiger partial charge is 0.508 e. The van der Waals surface area contributed by atoms with Crippen molar-refractivity contribution in [1.29, 1.82) is 0 Å². The van der Waals surface area contributed by atoms with Crippen molar-refractivity contribution >= 4 is 11.5 Å². The maximum absolute atomic E-state index is 10.5. The van der Waals surface area contributed by atoms with E-state index < -0.39 is 23.0 Å². The molecule has 14 heavy (non-hydrogen) atoms. The molecule has 0 fully saturated rings. The molecule has 1 aromatic rings. The summed E-state index contributed by atoms with van der Waals surface area (Å²) in [4.78, 5) is 10.5. The maximum Gasteiger partial charge on any atom is 0.335 e. The first kappa shape index (κ1) is 9.91. The molecule has 74 valence electrons. The van der Waals surface area contributed by atoms with Crippen molar-refractivity contribution in [2.75, 3.05) is 0 Å². The van der Waals surface area contributed by atoms with Crippen LogP contribution in [-0.4, -0.2) is 26.4 Å². The average Bonchev–Trinajstić information content (AvgIpc) is 2.01. The Hall–Kier alpha value is -2.17. The van der Waals surface area contributed by atoms with Gasteiger partial charge in [0.1, 0.15) is 17.2 Å². The molecule has 0 unspecified atom stereocenters. The molecule has 0 aliphatic rings. The fourth-order valence-corrected chi connectivity index (χ4v) is 1.01. The summed E-state index contributed by atoms with van der Waals surface area (Å²) < 4.78 is 0. The van der Waals surface area contributed by atoms with Gasteiger partial charge in [-0.25, -0.2) is 4.79 Å². The number of aliphatic carboxylic acids is 1. The minimum atomic E-state index is -1.36. The quantitative estimate of drug-likeness (QED) is 0.527. The molecule has 0 saturated carbocycles. The van der Waals surface area contributed by atoms with E-state index in [4.69, 9.17) is 10.2 Å². The summed E-state index contributed by atoms with van der Waals surface area (Å²) in [5, 5.41) is 36.0. The Bertz CT molecular complexity index is 385. The number of hydrogen-bond acceptors (Lipinski definition) is 4. The van der Waals surface area contributed by atoms with Gasteiger partial charge in [-0.2, -0.15) is 0 Å². The Morgan fingerprint density at radius 3 is 1.93 bits per heavy atom. The summed E-state index contributed by atoms with van der Waals surface area (Å²) in [5.74, 6) is -2.78. The lowest BCUT2D eigenvalue weighted by molar-refractivity contribution is -0.130. The van der Waals surface area contributed by atoms with E-state index in [9.17, 15) is 15.0 Å². The summed E-state index contributed by atoms with van der Waals surface area (Å²) >= 11 is 0. The number of hydrogen-bond donors (Lipinski definition) is 4. The normalized spacial score (nSPS) is 9.71. The first-order valence-corrected chi connectivity index (χ1v) is 3.61. The van der Waals surface area contributed by atoms with E-state index in [0.29, 0.717) is 0 Å². The van der Waals surface area contributed by atoms with Crippen LogP contribution in [-0.2, 0) is 4.79 Å². The van der Waals surface area contributed by atoms with E-state index >= 15 is 0 Å². The summed E-state index contributed by atoms with van der Waals surface area (Å²) in [6.07, 6.45) is 0. The molecule has 1 aromatic carbocycles. The third kappa shape index (κ3) is 1.61. The molecule has 0 atom stereocenters. The number of carboxylic acid groups (broad SMARTS) is 1. The zero-order valence-corrected chi connectivity index (χ0v) is 7.06. The maximum atomic E-state index is 10.5. The van der Waals surface area contributed by atoms with Crippen LogP contribution in [0.3, 0.4) is 0 Å². The van der Waals surface area contributed by atoms with Gasteiger partial charge in [-0.1, -0.05) is 6.58 Å². The molecule has 5 heteroatoms. The molecule has 0 aromatic heterocycles. The minimum absolute atomic E-state index is 0.296. The van der Waals surface area contributed by atoms with E-state index in [1.807, 2.05) is 0 Å². The van der Waals surface area contributed by atoms with Crippen LogP contribution >= 0.6 is 0 Å². The third-order valence-corrected chi connectivity index (χ3v) is 1.64. The SMILES string of the molecule is C=C(C(=O)O)c1c(O)cc(O)cc1O. The number of benzene rings is 1. The highest BCUT2D eigenvalue weighted by Crippen LogP contribution is 2.36. The lowest BCUT2D eigenvalue weighted by atomic mass is 10.1. The lowest BCUT2D eigenvalue weighted by Crippen LogP contribution is -1.98. The van der Waals surface area contributed by atoms with E-state index in [-0.39, 0.29) is 11.3 Å². The zero-order valence-electron chi connectivity index (χ0n) is 7.06. The molecule has 0 bridgehead atoms. The van der Waals surface area contributed by atoms with Gasteiger partial charge in [-0.05, 0) is 0 Å². The van der Waals surface area contributed by atoms with Crippen molar-refractivity contribution in [1.82, 2.24) is 0 Å². The van der Waals surface area contributed by atoms with Gasteiger partial charge in [0.15, 0.2) is 0 Å². The predicted molar refractivity (Wildman–Crippen MR) is 48.1 cm³/mol. The minimum Gasteiger partial charge on any atom is -0.508 e. The highest BCUT2D eigenvalue weighted by molar-refractivity contribution is 6.16. The molecule has 0 radical (unpaired) electrons. The van der Waals surface area contributed by atoms with Gasteiger partial charge < -0.3 is 20.4 Å². The second kappa shape index (κ2) is 3.29. The molecule has 0 spiro atoms. The number of rotatable bonds is 2. The lowest BCUT2D eigenvalue weighted by Gasteiger charge is -2.07. The van der Waals surface area contributed by atoms with Crippen LogP contribution < -0.4 is 0 Å². The summed E-state index contributed by atoms with van der Waals surface area (Å²) in [6.45, 7) is 3.17. The van der Waals surface area contributed by atoms with Gasteiger partial charge >= 0.3 is 5.97 Å². The molecule has 0 heterocycles. The van der Waals surface area contributed by atoms with E-state index in [1.165, 1.54) is 0 Å². The van der Waals surface area contributed by atoms with Crippen molar-refractivity contribution in [3.8, 4) is 17.2 Å². The van der Waals surface area contributed by atoms with Crippen molar-refractivity contribution in [3.63, 3.8) is 0 Å². The number of phenols is 3. The third-order valence-electron chi connectivity index (χ3n) is 1.64. The second-order valence-corrected chi connectivity index (χ2v) is 2.64. The van der Waals surface area contributed by atoms with Crippen molar-refractivity contribution in [2.45, 2.75) is 0 Å². The van der Waals surface area contributed by atoms with Gasteiger partial charge in [-0.3, -0.25) is 0 Å². The van der Waals surface area contributed by atoms with Crippen molar-refractivity contribution < 1.29 is 25.2 Å². The second-order valence-electron chi connectivity index (χ2n) is 2.64. The Labute approximate surface area is 79.2 Å². The fourth-order valence-electron chi connectivity index (χ4n) is 1.01. The summed E-state index contributed by atoms with van der Waals surface area (Å²) in [5.41, 5.74) is -0.740. The Morgan fingerprint density at radius 2 is 1.57 bits per heavy atom. The first-order chi connectivity index (χ1) is 6.43. The summed E-state index contributed by atoms with van der Waals surface area (Å²) in [7, 11) is 0. The van der Waals surface area contributed by atoms with Gasteiger partial charge in [0, 0.05) is 12.1 Å². The smallest absolute Gasteiger partial charge is 0.335 e. The van der Waals surface area contributed by atoms with Crippen LogP contribution in [0.25, 0.3) is 5.57 Å². The zero-order chi connectivity index (χ0) is 10.9. The van der Waals surface area contributed by atoms with Crippen LogP contribution in [0.2, 0.25) is 0 Å². The number of carboxylic acids is 1. The Morgan fingerprint density at radius 1 is 1.14 bits per heavy atom. The molecule has 0 amide bonds. The topological polar surface area (TPSA) is 98.0 Å². The fraction of sp³-hybridized carbons (Fsp3) is 0. The molecule has 0 aliphatic carbocycles. The number of carbonyl (C=O) groups is 1. The van der Waals surface area contributed by atoms with Gasteiger partial charge in [-0.15, -0.1) is 0 Å². The Kier molecular flexibility index (Phi) is 2.33. The molecule has 5 nitrogen and oxygen atoms in total.